The van der Waals surface area contributed by atoms with Crippen molar-refractivity contribution in [3.63, 3.8) is 0 Å². The average Bonchev–Trinajstić information content (AvgIpc) is 2.73. The first-order chi connectivity index (χ1) is 8.48. The molecule has 2 heterocycles. The van der Waals surface area contributed by atoms with Crippen molar-refractivity contribution in [3.05, 3.63) is 11.8 Å². The van der Waals surface area contributed by atoms with Gasteiger partial charge in [-0.05, 0) is 12.8 Å². The Morgan fingerprint density at radius 1 is 1.33 bits per heavy atom. The molecule has 2 saturated heterocycles. The summed E-state index contributed by atoms with van der Waals surface area (Å²) in [6, 6.07) is 0. The standard InChI is InChI=1S/C12H17NO5/c1-12(2)17-10(14)9(11(15)18-12)7-13-6-8-4-3-5-16-8/h7-8,13H,3-6H2,1-2H3. The molecule has 2 aliphatic rings. The number of hydrogen-bond donors (Lipinski definition) is 1. The van der Waals surface area contributed by atoms with Crippen LogP contribution >= 0.6 is 0 Å². The van der Waals surface area contributed by atoms with E-state index >= 15 is 0 Å². The minimum Gasteiger partial charge on any atom is -0.419 e. The first-order valence-electron chi connectivity index (χ1n) is 6.00. The number of cyclic esters (lactones) is 2. The van der Waals surface area contributed by atoms with Gasteiger partial charge in [-0.25, -0.2) is 9.59 Å². The van der Waals surface area contributed by atoms with E-state index in [1.165, 1.54) is 20.0 Å². The first-order valence-corrected chi connectivity index (χ1v) is 6.00. The van der Waals surface area contributed by atoms with Crippen LogP contribution in [0.3, 0.4) is 0 Å². The second-order valence-electron chi connectivity index (χ2n) is 4.78. The molecule has 100 valence electrons. The van der Waals surface area contributed by atoms with Gasteiger partial charge in [-0.2, -0.15) is 0 Å². The predicted molar refractivity (Wildman–Crippen MR) is 61.3 cm³/mol. The number of carbonyl (C=O) groups is 2. The van der Waals surface area contributed by atoms with Crippen molar-refractivity contribution in [3.8, 4) is 0 Å². The Morgan fingerprint density at radius 3 is 2.56 bits per heavy atom. The quantitative estimate of drug-likeness (QED) is 0.449. The molecule has 0 amide bonds. The van der Waals surface area contributed by atoms with Crippen molar-refractivity contribution in [1.82, 2.24) is 5.32 Å². The molecule has 18 heavy (non-hydrogen) atoms. The van der Waals surface area contributed by atoms with Gasteiger partial charge < -0.3 is 19.5 Å². The van der Waals surface area contributed by atoms with Gasteiger partial charge in [0, 0.05) is 33.2 Å². The Balaban J connectivity index is 1.91. The van der Waals surface area contributed by atoms with E-state index < -0.39 is 17.7 Å². The van der Waals surface area contributed by atoms with Gasteiger partial charge in [-0.15, -0.1) is 0 Å². The van der Waals surface area contributed by atoms with E-state index in [2.05, 4.69) is 5.32 Å². The van der Waals surface area contributed by atoms with Crippen molar-refractivity contribution in [2.75, 3.05) is 13.2 Å². The van der Waals surface area contributed by atoms with Crippen LogP contribution in [0.2, 0.25) is 0 Å². The zero-order chi connectivity index (χ0) is 13.2. The van der Waals surface area contributed by atoms with Crippen molar-refractivity contribution in [2.45, 2.75) is 38.6 Å². The molecular formula is C12H17NO5. The highest BCUT2D eigenvalue weighted by Gasteiger charge is 2.38. The third kappa shape index (κ3) is 3.01. The van der Waals surface area contributed by atoms with Crippen LogP contribution in [0.15, 0.2) is 11.8 Å². The van der Waals surface area contributed by atoms with E-state index in [0.717, 1.165) is 19.4 Å². The highest BCUT2D eigenvalue weighted by molar-refractivity contribution is 6.15. The molecule has 1 atom stereocenters. The van der Waals surface area contributed by atoms with Crippen LogP contribution in [-0.4, -0.2) is 37.0 Å². The molecule has 0 spiro atoms. The summed E-state index contributed by atoms with van der Waals surface area (Å²) in [6.07, 6.45) is 3.50. The fourth-order valence-electron chi connectivity index (χ4n) is 1.88. The fraction of sp³-hybridized carbons (Fsp3) is 0.667. The van der Waals surface area contributed by atoms with E-state index in [1.54, 1.807) is 0 Å². The summed E-state index contributed by atoms with van der Waals surface area (Å²) in [7, 11) is 0. The van der Waals surface area contributed by atoms with Crippen LogP contribution in [0.5, 0.6) is 0 Å². The molecule has 6 nitrogen and oxygen atoms in total. The number of nitrogens with one attached hydrogen (secondary N) is 1. The van der Waals surface area contributed by atoms with Crippen molar-refractivity contribution < 1.29 is 23.8 Å². The predicted octanol–water partition coefficient (Wildman–Crippen LogP) is 0.475. The molecule has 0 aliphatic carbocycles. The molecule has 2 fully saturated rings. The Bertz CT molecular complexity index is 360. The summed E-state index contributed by atoms with van der Waals surface area (Å²) in [4.78, 5) is 23.2. The van der Waals surface area contributed by atoms with Gasteiger partial charge in [0.15, 0.2) is 5.57 Å². The van der Waals surface area contributed by atoms with E-state index in [1.807, 2.05) is 0 Å². The zero-order valence-electron chi connectivity index (χ0n) is 10.5. The summed E-state index contributed by atoms with van der Waals surface area (Å²) >= 11 is 0. The SMILES string of the molecule is CC1(C)OC(=O)C(=CNCC2CCCO2)C(=O)O1. The Labute approximate surface area is 105 Å². The normalized spacial score (nSPS) is 26.6. The van der Waals surface area contributed by atoms with E-state index in [4.69, 9.17) is 14.2 Å². The van der Waals surface area contributed by atoms with Crippen molar-refractivity contribution in [2.24, 2.45) is 0 Å². The zero-order valence-corrected chi connectivity index (χ0v) is 10.5. The Morgan fingerprint density at radius 2 is 2.00 bits per heavy atom. The number of ether oxygens (including phenoxy) is 3. The van der Waals surface area contributed by atoms with Crippen LogP contribution in [0.4, 0.5) is 0 Å². The second kappa shape index (κ2) is 4.97. The summed E-state index contributed by atoms with van der Waals surface area (Å²) in [6.45, 7) is 4.35. The number of rotatable bonds is 3. The monoisotopic (exact) mass is 255 g/mol. The lowest BCUT2D eigenvalue weighted by molar-refractivity contribution is -0.222. The molecule has 1 unspecified atom stereocenters. The van der Waals surface area contributed by atoms with Gasteiger partial charge in [0.25, 0.3) is 5.79 Å². The lowest BCUT2D eigenvalue weighted by atomic mass is 10.2. The molecule has 6 heteroatoms. The summed E-state index contributed by atoms with van der Waals surface area (Å²) in [5.41, 5.74) is -0.118. The molecule has 2 rings (SSSR count). The largest absolute Gasteiger partial charge is 0.419 e. The minimum atomic E-state index is -1.19. The second-order valence-corrected chi connectivity index (χ2v) is 4.78. The number of carbonyl (C=O) groups excluding carboxylic acids is 2. The van der Waals surface area contributed by atoms with Crippen LogP contribution in [0, 0.1) is 0 Å². The van der Waals surface area contributed by atoms with Crippen molar-refractivity contribution in [1.29, 1.82) is 0 Å². The highest BCUT2D eigenvalue weighted by Crippen LogP contribution is 2.22. The summed E-state index contributed by atoms with van der Waals surface area (Å²) in [5.74, 6) is -2.53. The van der Waals surface area contributed by atoms with Crippen LogP contribution in [-0.2, 0) is 23.8 Å². The molecule has 1 N–H and O–H groups in total. The molecular weight excluding hydrogens is 238 g/mol. The van der Waals surface area contributed by atoms with Gasteiger partial charge in [0.05, 0.1) is 6.10 Å². The Kier molecular flexibility index (Phi) is 3.56. The topological polar surface area (TPSA) is 73.9 Å². The minimum absolute atomic E-state index is 0.118. The van der Waals surface area contributed by atoms with Gasteiger partial charge in [0.1, 0.15) is 0 Å². The van der Waals surface area contributed by atoms with Crippen LogP contribution in [0.1, 0.15) is 26.7 Å². The maximum atomic E-state index is 11.6. The van der Waals surface area contributed by atoms with E-state index in [9.17, 15) is 9.59 Å². The van der Waals surface area contributed by atoms with Crippen LogP contribution in [0.25, 0.3) is 0 Å². The third-order valence-electron chi connectivity index (χ3n) is 2.73. The summed E-state index contributed by atoms with van der Waals surface area (Å²) in [5, 5.41) is 2.90. The lowest BCUT2D eigenvalue weighted by Gasteiger charge is -2.29. The van der Waals surface area contributed by atoms with Crippen LogP contribution < -0.4 is 5.32 Å². The lowest BCUT2D eigenvalue weighted by Crippen LogP contribution is -2.42. The smallest absolute Gasteiger partial charge is 0.350 e. The number of esters is 2. The molecule has 0 aromatic rings. The molecule has 0 aromatic carbocycles. The van der Waals surface area contributed by atoms with E-state index in [-0.39, 0.29) is 11.7 Å². The maximum Gasteiger partial charge on any atom is 0.350 e. The molecule has 0 aromatic heterocycles. The van der Waals surface area contributed by atoms with E-state index in [0.29, 0.717) is 6.54 Å². The third-order valence-corrected chi connectivity index (χ3v) is 2.73. The fourth-order valence-corrected chi connectivity index (χ4v) is 1.88. The number of hydrogen-bond acceptors (Lipinski definition) is 6. The average molecular weight is 255 g/mol. The molecule has 2 aliphatic heterocycles. The van der Waals surface area contributed by atoms with Crippen molar-refractivity contribution >= 4 is 11.9 Å². The maximum absolute atomic E-state index is 11.6. The van der Waals surface area contributed by atoms with Gasteiger partial charge >= 0.3 is 11.9 Å². The highest BCUT2D eigenvalue weighted by atomic mass is 16.7. The van der Waals surface area contributed by atoms with Gasteiger partial charge in [-0.1, -0.05) is 0 Å². The van der Waals surface area contributed by atoms with Gasteiger partial charge in [-0.3, -0.25) is 0 Å². The molecule has 0 radical (unpaired) electrons. The summed E-state index contributed by atoms with van der Waals surface area (Å²) < 4.78 is 15.3. The van der Waals surface area contributed by atoms with Gasteiger partial charge in [0.2, 0.25) is 0 Å². The molecule has 0 bridgehead atoms. The first kappa shape index (κ1) is 12.9. The molecule has 0 saturated carbocycles. The Hall–Kier alpha value is -1.56.